The minimum absolute atomic E-state index is 0.00597. The minimum atomic E-state index is 0.00597. The predicted octanol–water partition coefficient (Wildman–Crippen LogP) is 3.92. The normalized spacial score (nSPS) is 15.2. The van der Waals surface area contributed by atoms with Crippen LogP contribution in [-0.2, 0) is 17.6 Å². The van der Waals surface area contributed by atoms with E-state index in [1.54, 1.807) is 11.3 Å². The first kappa shape index (κ1) is 21.0. The third-order valence-electron chi connectivity index (χ3n) is 5.02. The number of hydrogen-bond acceptors (Lipinski definition) is 5. The number of nitrogens with one attached hydrogen (secondary N) is 1. The first-order valence-corrected chi connectivity index (χ1v) is 11.7. The fourth-order valence-electron chi connectivity index (χ4n) is 3.48. The molecule has 1 aliphatic rings. The number of piperidine rings is 1. The molecule has 1 fully saturated rings. The van der Waals surface area contributed by atoms with Crippen molar-refractivity contribution in [3.05, 3.63) is 38.0 Å². The average Bonchev–Trinajstić information content (AvgIpc) is 3.30. The molecule has 3 rings (SSSR count). The summed E-state index contributed by atoms with van der Waals surface area (Å²) >= 11 is 3.24. The van der Waals surface area contributed by atoms with Gasteiger partial charge in [-0.3, -0.25) is 9.59 Å². The van der Waals surface area contributed by atoms with Gasteiger partial charge in [-0.05, 0) is 43.6 Å². The summed E-state index contributed by atoms with van der Waals surface area (Å²) in [6.45, 7) is 8.19. The number of thiazole rings is 1. The molecule has 3 heterocycles. The Hall–Kier alpha value is -1.73. The maximum Gasteiger partial charge on any atom is 0.265 e. The van der Waals surface area contributed by atoms with Gasteiger partial charge in [0.05, 0.1) is 10.7 Å². The van der Waals surface area contributed by atoms with E-state index < -0.39 is 0 Å². The van der Waals surface area contributed by atoms with E-state index in [1.807, 2.05) is 17.9 Å². The van der Waals surface area contributed by atoms with Crippen LogP contribution in [0.1, 0.15) is 51.9 Å². The summed E-state index contributed by atoms with van der Waals surface area (Å²) in [4.78, 5) is 33.8. The van der Waals surface area contributed by atoms with Crippen LogP contribution in [0, 0.1) is 18.8 Å². The van der Waals surface area contributed by atoms with Crippen molar-refractivity contribution in [2.75, 3.05) is 19.6 Å². The Labute approximate surface area is 175 Å². The Balaban J connectivity index is 1.47. The highest BCUT2D eigenvalue weighted by molar-refractivity contribution is 7.13. The second-order valence-electron chi connectivity index (χ2n) is 7.81. The molecular formula is C21H29N3O2S2. The lowest BCUT2D eigenvalue weighted by Gasteiger charge is -2.31. The molecule has 0 aliphatic carbocycles. The molecule has 5 nitrogen and oxygen atoms in total. The lowest BCUT2D eigenvalue weighted by atomic mass is 9.95. The molecule has 152 valence electrons. The molecule has 0 radical (unpaired) electrons. The maximum absolute atomic E-state index is 12.9. The van der Waals surface area contributed by atoms with Crippen molar-refractivity contribution in [3.8, 4) is 0 Å². The highest BCUT2D eigenvalue weighted by atomic mass is 32.1. The van der Waals surface area contributed by atoms with Gasteiger partial charge in [0.25, 0.3) is 5.91 Å². The van der Waals surface area contributed by atoms with E-state index >= 15 is 0 Å². The number of amides is 2. The summed E-state index contributed by atoms with van der Waals surface area (Å²) in [5.74, 6) is 0.729. The number of nitrogens with zero attached hydrogens (tertiary/aromatic N) is 2. The summed E-state index contributed by atoms with van der Waals surface area (Å²) in [6.07, 6.45) is 3.25. The smallest absolute Gasteiger partial charge is 0.265 e. The van der Waals surface area contributed by atoms with Crippen LogP contribution in [0.5, 0.6) is 0 Å². The zero-order chi connectivity index (χ0) is 20.1. The van der Waals surface area contributed by atoms with Crippen molar-refractivity contribution in [1.29, 1.82) is 0 Å². The molecule has 0 unspecified atom stereocenters. The minimum Gasteiger partial charge on any atom is -0.355 e. The van der Waals surface area contributed by atoms with Gasteiger partial charge in [0, 0.05) is 36.9 Å². The van der Waals surface area contributed by atoms with E-state index in [1.165, 1.54) is 16.2 Å². The molecule has 0 aromatic carbocycles. The van der Waals surface area contributed by atoms with Crippen LogP contribution in [0.15, 0.2) is 17.5 Å². The van der Waals surface area contributed by atoms with E-state index in [0.29, 0.717) is 25.6 Å². The number of carbonyl (C=O) groups excluding carboxylic acids is 2. The third kappa shape index (κ3) is 5.41. The second-order valence-corrected chi connectivity index (χ2v) is 9.92. The summed E-state index contributed by atoms with van der Waals surface area (Å²) in [6, 6.07) is 4.13. The maximum atomic E-state index is 12.9. The van der Waals surface area contributed by atoms with Crippen molar-refractivity contribution in [3.63, 3.8) is 0 Å². The average molecular weight is 420 g/mol. The van der Waals surface area contributed by atoms with Crippen molar-refractivity contribution < 1.29 is 9.59 Å². The van der Waals surface area contributed by atoms with Gasteiger partial charge in [-0.25, -0.2) is 4.98 Å². The zero-order valence-electron chi connectivity index (χ0n) is 16.9. The van der Waals surface area contributed by atoms with Crippen LogP contribution in [-0.4, -0.2) is 41.3 Å². The molecule has 28 heavy (non-hydrogen) atoms. The van der Waals surface area contributed by atoms with Gasteiger partial charge >= 0.3 is 0 Å². The highest BCUT2D eigenvalue weighted by Gasteiger charge is 2.29. The molecule has 2 aromatic rings. The number of aryl methyl sites for hydroxylation is 1. The van der Waals surface area contributed by atoms with Gasteiger partial charge < -0.3 is 10.2 Å². The van der Waals surface area contributed by atoms with Gasteiger partial charge in [-0.2, -0.15) is 0 Å². The number of carbonyl (C=O) groups is 2. The lowest BCUT2D eigenvalue weighted by Crippen LogP contribution is -2.43. The summed E-state index contributed by atoms with van der Waals surface area (Å²) in [7, 11) is 0. The topological polar surface area (TPSA) is 62.3 Å². The molecule has 0 spiro atoms. The quantitative estimate of drug-likeness (QED) is 0.740. The Morgan fingerprint density at radius 1 is 1.32 bits per heavy atom. The SMILES string of the molecule is Cc1nc(CC(C)C)sc1C(=O)N1CCC(C(=O)NCCc2cccs2)CC1. The zero-order valence-corrected chi connectivity index (χ0v) is 18.5. The number of likely N-dealkylation sites (tertiary alicyclic amines) is 1. The van der Waals surface area contributed by atoms with Crippen LogP contribution in [0.2, 0.25) is 0 Å². The number of hydrogen-bond donors (Lipinski definition) is 1. The predicted molar refractivity (Wildman–Crippen MR) is 115 cm³/mol. The molecule has 2 aromatic heterocycles. The van der Waals surface area contributed by atoms with E-state index in [9.17, 15) is 9.59 Å². The molecule has 2 amide bonds. The fourth-order valence-corrected chi connectivity index (χ4v) is 5.44. The van der Waals surface area contributed by atoms with Crippen LogP contribution >= 0.6 is 22.7 Å². The van der Waals surface area contributed by atoms with E-state index in [-0.39, 0.29) is 17.7 Å². The van der Waals surface area contributed by atoms with Gasteiger partial charge in [0.1, 0.15) is 4.88 Å². The molecule has 1 N–H and O–H groups in total. The molecule has 0 atom stereocenters. The Bertz CT molecular complexity index is 791. The molecule has 7 heteroatoms. The van der Waals surface area contributed by atoms with Crippen LogP contribution in [0.4, 0.5) is 0 Å². The largest absolute Gasteiger partial charge is 0.355 e. The molecule has 0 saturated carbocycles. The van der Waals surface area contributed by atoms with Crippen molar-refractivity contribution in [2.24, 2.45) is 11.8 Å². The first-order chi connectivity index (χ1) is 13.4. The Kier molecular flexibility index (Phi) is 7.24. The second kappa shape index (κ2) is 9.65. The summed E-state index contributed by atoms with van der Waals surface area (Å²) < 4.78 is 0. The van der Waals surface area contributed by atoms with Crippen LogP contribution < -0.4 is 5.32 Å². The third-order valence-corrected chi connectivity index (χ3v) is 7.13. The van der Waals surface area contributed by atoms with Crippen LogP contribution in [0.25, 0.3) is 0 Å². The molecule has 1 aliphatic heterocycles. The van der Waals surface area contributed by atoms with Crippen LogP contribution in [0.3, 0.4) is 0 Å². The van der Waals surface area contributed by atoms with Gasteiger partial charge in [-0.15, -0.1) is 22.7 Å². The summed E-state index contributed by atoms with van der Waals surface area (Å²) in [5, 5.41) is 6.15. The monoisotopic (exact) mass is 419 g/mol. The van der Waals surface area contributed by atoms with Gasteiger partial charge in [0.2, 0.25) is 5.91 Å². The van der Waals surface area contributed by atoms with Crippen molar-refractivity contribution in [2.45, 2.75) is 46.5 Å². The number of aromatic nitrogens is 1. The van der Waals surface area contributed by atoms with Gasteiger partial charge in [-0.1, -0.05) is 19.9 Å². The molecule has 1 saturated heterocycles. The first-order valence-electron chi connectivity index (χ1n) is 9.99. The van der Waals surface area contributed by atoms with Crippen molar-refractivity contribution >= 4 is 34.5 Å². The number of rotatable bonds is 7. The van der Waals surface area contributed by atoms with Crippen molar-refractivity contribution in [1.82, 2.24) is 15.2 Å². The van der Waals surface area contributed by atoms with Gasteiger partial charge in [0.15, 0.2) is 0 Å². The molecule has 0 bridgehead atoms. The van der Waals surface area contributed by atoms with E-state index in [2.05, 4.69) is 35.6 Å². The van der Waals surface area contributed by atoms with E-state index in [4.69, 9.17) is 0 Å². The standard InChI is InChI=1S/C21H29N3O2S2/c1-14(2)13-18-23-15(3)19(28-18)21(26)24-10-7-16(8-11-24)20(25)22-9-6-17-5-4-12-27-17/h4-5,12,14,16H,6-11,13H2,1-3H3,(H,22,25). The lowest BCUT2D eigenvalue weighted by molar-refractivity contribution is -0.126. The van der Waals surface area contributed by atoms with E-state index in [0.717, 1.165) is 41.3 Å². The number of thiophene rings is 1. The molecular weight excluding hydrogens is 390 g/mol. The highest BCUT2D eigenvalue weighted by Crippen LogP contribution is 2.25. The summed E-state index contributed by atoms with van der Waals surface area (Å²) in [5.41, 5.74) is 0.832. The Morgan fingerprint density at radius 2 is 2.07 bits per heavy atom. The Morgan fingerprint density at radius 3 is 2.71 bits per heavy atom. The fraction of sp³-hybridized carbons (Fsp3) is 0.571.